The molecule has 1 aliphatic heterocycles. The predicted octanol–water partition coefficient (Wildman–Crippen LogP) is 2.75. The molecule has 1 heterocycles. The average Bonchev–Trinajstić information content (AvgIpc) is 2.33. The zero-order valence-electron chi connectivity index (χ0n) is 10.3. The molecule has 0 aliphatic carbocycles. The van der Waals surface area contributed by atoms with Crippen LogP contribution in [0.15, 0.2) is 22.7 Å². The average molecular weight is 313 g/mol. The number of hydrogen-bond donors (Lipinski definition) is 2. The van der Waals surface area contributed by atoms with E-state index in [-0.39, 0.29) is 12.1 Å². The third-order valence-electron chi connectivity index (χ3n) is 3.18. The molecule has 4 nitrogen and oxygen atoms in total. The van der Waals surface area contributed by atoms with Gasteiger partial charge in [-0.05, 0) is 43.5 Å². The van der Waals surface area contributed by atoms with Crippen LogP contribution in [0, 0.1) is 6.92 Å². The number of nitrogens with zero attached hydrogens (tertiary/aromatic N) is 1. The van der Waals surface area contributed by atoms with Gasteiger partial charge in [-0.3, -0.25) is 0 Å². The number of carbonyl (C=O) groups excluding carboxylic acids is 1. The number of aliphatic hydroxyl groups is 1. The summed E-state index contributed by atoms with van der Waals surface area (Å²) >= 11 is 3.39. The van der Waals surface area contributed by atoms with Crippen molar-refractivity contribution in [3.63, 3.8) is 0 Å². The molecular weight excluding hydrogens is 296 g/mol. The molecule has 0 atom stereocenters. The molecule has 2 amide bonds. The predicted molar refractivity (Wildman–Crippen MR) is 74.7 cm³/mol. The van der Waals surface area contributed by atoms with Gasteiger partial charge in [-0.1, -0.05) is 15.9 Å². The lowest BCUT2D eigenvalue weighted by atomic mass is 10.1. The molecule has 0 radical (unpaired) electrons. The van der Waals surface area contributed by atoms with Crippen LogP contribution >= 0.6 is 15.9 Å². The number of hydrogen-bond acceptors (Lipinski definition) is 2. The first kappa shape index (κ1) is 13.4. The van der Waals surface area contributed by atoms with Crippen LogP contribution in [0.4, 0.5) is 10.5 Å². The summed E-state index contributed by atoms with van der Waals surface area (Å²) < 4.78 is 0.999. The van der Waals surface area contributed by atoms with Gasteiger partial charge in [0.25, 0.3) is 0 Å². The summed E-state index contributed by atoms with van der Waals surface area (Å²) in [5, 5.41) is 12.3. The summed E-state index contributed by atoms with van der Waals surface area (Å²) in [5.74, 6) is 0. The zero-order valence-corrected chi connectivity index (χ0v) is 11.9. The Hall–Kier alpha value is -1.07. The van der Waals surface area contributed by atoms with Crippen molar-refractivity contribution in [2.75, 3.05) is 18.4 Å². The molecule has 0 spiro atoms. The monoisotopic (exact) mass is 312 g/mol. The van der Waals surface area contributed by atoms with Crippen LogP contribution < -0.4 is 5.32 Å². The second-order valence-electron chi connectivity index (χ2n) is 4.61. The highest BCUT2D eigenvalue weighted by Crippen LogP contribution is 2.21. The van der Waals surface area contributed by atoms with Gasteiger partial charge in [0.1, 0.15) is 0 Å². The number of aryl methyl sites for hydroxylation is 1. The van der Waals surface area contributed by atoms with Gasteiger partial charge in [-0.2, -0.15) is 0 Å². The minimum atomic E-state index is -0.261. The van der Waals surface area contributed by atoms with E-state index in [9.17, 15) is 9.90 Å². The second-order valence-corrected chi connectivity index (χ2v) is 5.52. The Morgan fingerprint density at radius 3 is 2.72 bits per heavy atom. The number of benzene rings is 1. The van der Waals surface area contributed by atoms with Gasteiger partial charge >= 0.3 is 6.03 Å². The van der Waals surface area contributed by atoms with Crippen LogP contribution in [-0.4, -0.2) is 35.2 Å². The minimum absolute atomic E-state index is 0.0904. The van der Waals surface area contributed by atoms with Crippen molar-refractivity contribution in [1.29, 1.82) is 0 Å². The lowest BCUT2D eigenvalue weighted by Gasteiger charge is -2.29. The molecule has 1 aliphatic rings. The van der Waals surface area contributed by atoms with E-state index in [2.05, 4.69) is 21.2 Å². The molecule has 2 N–H and O–H groups in total. The summed E-state index contributed by atoms with van der Waals surface area (Å²) in [4.78, 5) is 13.8. The molecule has 1 aromatic rings. The molecule has 1 fully saturated rings. The van der Waals surface area contributed by atoms with Crippen molar-refractivity contribution >= 4 is 27.6 Å². The number of urea groups is 1. The van der Waals surface area contributed by atoms with Crippen molar-refractivity contribution in [2.45, 2.75) is 25.9 Å². The van der Waals surface area contributed by atoms with Gasteiger partial charge in [-0.25, -0.2) is 4.79 Å². The van der Waals surface area contributed by atoms with Crippen molar-refractivity contribution in [2.24, 2.45) is 0 Å². The van der Waals surface area contributed by atoms with Gasteiger partial charge in [0.2, 0.25) is 0 Å². The van der Waals surface area contributed by atoms with Gasteiger partial charge in [0.15, 0.2) is 0 Å². The highest BCUT2D eigenvalue weighted by Gasteiger charge is 2.21. The molecule has 0 aromatic heterocycles. The number of aliphatic hydroxyl groups excluding tert-OH is 1. The van der Waals surface area contributed by atoms with E-state index < -0.39 is 0 Å². The van der Waals surface area contributed by atoms with Gasteiger partial charge in [-0.15, -0.1) is 0 Å². The summed E-state index contributed by atoms with van der Waals surface area (Å²) in [6.07, 6.45) is 1.06. The van der Waals surface area contributed by atoms with E-state index >= 15 is 0 Å². The number of rotatable bonds is 1. The topological polar surface area (TPSA) is 52.6 Å². The lowest BCUT2D eigenvalue weighted by Crippen LogP contribution is -2.42. The van der Waals surface area contributed by atoms with E-state index in [0.717, 1.165) is 15.7 Å². The molecule has 1 saturated heterocycles. The van der Waals surface area contributed by atoms with E-state index in [0.29, 0.717) is 25.9 Å². The largest absolute Gasteiger partial charge is 0.393 e. The molecule has 1 aromatic carbocycles. The molecule has 0 saturated carbocycles. The van der Waals surface area contributed by atoms with Crippen LogP contribution in [0.5, 0.6) is 0 Å². The number of amides is 2. The standard InChI is InChI=1S/C13H17BrN2O2/c1-9-8-10(14)2-3-12(9)15-13(18)16-6-4-11(17)5-7-16/h2-3,8,11,17H,4-7H2,1H3,(H,15,18). The van der Waals surface area contributed by atoms with Crippen LogP contribution in [0.1, 0.15) is 18.4 Å². The fourth-order valence-corrected chi connectivity index (χ4v) is 2.51. The number of carbonyl (C=O) groups is 1. The Balaban J connectivity index is 1.98. The summed E-state index contributed by atoms with van der Waals surface area (Å²) in [6, 6.07) is 5.67. The number of piperidine rings is 1. The summed E-state index contributed by atoms with van der Waals surface area (Å²) in [5.41, 5.74) is 1.85. The Labute approximate surface area is 115 Å². The maximum Gasteiger partial charge on any atom is 0.321 e. The first-order chi connectivity index (χ1) is 8.56. The third kappa shape index (κ3) is 3.23. The number of likely N-dealkylation sites (tertiary alicyclic amines) is 1. The Bertz CT molecular complexity index is 443. The minimum Gasteiger partial charge on any atom is -0.393 e. The molecular formula is C13H17BrN2O2. The van der Waals surface area contributed by atoms with Crippen LogP contribution in [0.3, 0.4) is 0 Å². The summed E-state index contributed by atoms with van der Waals surface area (Å²) in [7, 11) is 0. The number of anilines is 1. The van der Waals surface area contributed by atoms with E-state index in [1.165, 1.54) is 0 Å². The van der Waals surface area contributed by atoms with Gasteiger partial charge < -0.3 is 15.3 Å². The lowest BCUT2D eigenvalue weighted by molar-refractivity contribution is 0.0972. The molecule has 2 rings (SSSR count). The molecule has 98 valence electrons. The van der Waals surface area contributed by atoms with Crippen molar-refractivity contribution in [3.8, 4) is 0 Å². The third-order valence-corrected chi connectivity index (χ3v) is 3.68. The van der Waals surface area contributed by atoms with E-state index in [1.54, 1.807) is 4.90 Å². The van der Waals surface area contributed by atoms with Gasteiger partial charge in [0.05, 0.1) is 6.10 Å². The van der Waals surface area contributed by atoms with Crippen molar-refractivity contribution in [3.05, 3.63) is 28.2 Å². The maximum atomic E-state index is 12.0. The normalized spacial score (nSPS) is 16.7. The molecule has 18 heavy (non-hydrogen) atoms. The highest BCUT2D eigenvalue weighted by molar-refractivity contribution is 9.10. The molecule has 5 heteroatoms. The Kier molecular flexibility index (Phi) is 4.24. The number of nitrogens with one attached hydrogen (secondary N) is 1. The Morgan fingerprint density at radius 2 is 2.11 bits per heavy atom. The first-order valence-corrected chi connectivity index (χ1v) is 6.85. The van der Waals surface area contributed by atoms with Crippen molar-refractivity contribution in [1.82, 2.24) is 4.90 Å². The van der Waals surface area contributed by atoms with Gasteiger partial charge in [0, 0.05) is 23.2 Å². The molecule has 0 unspecified atom stereocenters. The smallest absolute Gasteiger partial charge is 0.321 e. The zero-order chi connectivity index (χ0) is 13.1. The second kappa shape index (κ2) is 5.71. The number of halogens is 1. The van der Waals surface area contributed by atoms with E-state index in [1.807, 2.05) is 25.1 Å². The van der Waals surface area contributed by atoms with Crippen molar-refractivity contribution < 1.29 is 9.90 Å². The highest BCUT2D eigenvalue weighted by atomic mass is 79.9. The van der Waals surface area contributed by atoms with Crippen LogP contribution in [0.2, 0.25) is 0 Å². The van der Waals surface area contributed by atoms with E-state index in [4.69, 9.17) is 0 Å². The fraction of sp³-hybridized carbons (Fsp3) is 0.462. The summed E-state index contributed by atoms with van der Waals surface area (Å²) in [6.45, 7) is 3.19. The maximum absolute atomic E-state index is 12.0. The van der Waals surface area contributed by atoms with Crippen LogP contribution in [0.25, 0.3) is 0 Å². The Morgan fingerprint density at radius 1 is 1.44 bits per heavy atom. The molecule has 0 bridgehead atoms. The van der Waals surface area contributed by atoms with Crippen LogP contribution in [-0.2, 0) is 0 Å². The SMILES string of the molecule is Cc1cc(Br)ccc1NC(=O)N1CCC(O)CC1. The quantitative estimate of drug-likeness (QED) is 0.837. The fourth-order valence-electron chi connectivity index (χ4n) is 2.03. The first-order valence-electron chi connectivity index (χ1n) is 6.06.